The number of hydrogen-bond acceptors (Lipinski definition) is 5. The molecule has 0 bridgehead atoms. The number of hydrazone groups is 1. The maximum absolute atomic E-state index is 8.12. The Kier molecular flexibility index (Phi) is 3.02. The second-order valence-corrected chi connectivity index (χ2v) is 4.28. The van der Waals surface area contributed by atoms with Crippen molar-refractivity contribution in [3.8, 4) is 0 Å². The van der Waals surface area contributed by atoms with Gasteiger partial charge in [-0.3, -0.25) is 5.41 Å². The third-order valence-corrected chi connectivity index (χ3v) is 3.34. The molecule has 0 radical (unpaired) electrons. The van der Waals surface area contributed by atoms with Crippen LogP contribution < -0.4 is 10.7 Å². The fourth-order valence-electron chi connectivity index (χ4n) is 2.23. The lowest BCUT2D eigenvalue weighted by atomic mass is 9.92. The molecule has 3 N–H and O–H groups in total. The highest BCUT2D eigenvalue weighted by atomic mass is 35.5. The van der Waals surface area contributed by atoms with E-state index in [1.165, 1.54) is 0 Å². The quantitative estimate of drug-likeness (QED) is 0.453. The molecule has 0 aromatic carbocycles. The average molecular weight is 252 g/mol. The molecule has 5 nitrogen and oxygen atoms in total. The Balaban J connectivity index is 2.66. The van der Waals surface area contributed by atoms with Crippen molar-refractivity contribution in [3.05, 3.63) is 23.0 Å². The van der Waals surface area contributed by atoms with Crippen molar-refractivity contribution >= 4 is 28.7 Å². The number of aromatic nitrogens is 1. The Morgan fingerprint density at radius 2 is 2.35 bits per heavy atom. The predicted molar refractivity (Wildman–Crippen MR) is 70.2 cm³/mol. The van der Waals surface area contributed by atoms with Crippen molar-refractivity contribution in [1.29, 1.82) is 5.41 Å². The molecule has 1 aromatic rings. The Morgan fingerprint density at radius 3 is 2.94 bits per heavy atom. The molecule has 2 rings (SSSR count). The summed E-state index contributed by atoms with van der Waals surface area (Å²) in [5, 5.41) is 12.3. The van der Waals surface area contributed by atoms with Crippen LogP contribution >= 0.6 is 11.6 Å². The minimum absolute atomic E-state index is 0.0262. The molecule has 0 saturated carbocycles. The SMILES string of the molecule is CCC1/C(=N/N)C(=N)c2ccnc(Cl)c2N1C. The van der Waals surface area contributed by atoms with Gasteiger partial charge >= 0.3 is 0 Å². The van der Waals surface area contributed by atoms with Gasteiger partial charge in [-0.2, -0.15) is 5.10 Å². The van der Waals surface area contributed by atoms with Crippen LogP contribution in [0, 0.1) is 5.41 Å². The van der Waals surface area contributed by atoms with Gasteiger partial charge in [0, 0.05) is 18.8 Å². The summed E-state index contributed by atoms with van der Waals surface area (Å²) in [5.41, 5.74) is 2.42. The zero-order valence-corrected chi connectivity index (χ0v) is 10.5. The molecule has 2 heterocycles. The number of nitrogens with two attached hydrogens (primary N) is 1. The summed E-state index contributed by atoms with van der Waals surface area (Å²) in [6, 6.07) is 1.73. The van der Waals surface area contributed by atoms with Crippen LogP contribution in [0.15, 0.2) is 17.4 Å². The van der Waals surface area contributed by atoms with Crippen LogP contribution in [-0.4, -0.2) is 29.5 Å². The third-order valence-electron chi connectivity index (χ3n) is 3.07. The van der Waals surface area contributed by atoms with E-state index >= 15 is 0 Å². The van der Waals surface area contributed by atoms with Crippen molar-refractivity contribution in [3.63, 3.8) is 0 Å². The number of halogens is 1. The number of fused-ring (bicyclic) bond motifs is 1. The lowest BCUT2D eigenvalue weighted by molar-refractivity contribution is 0.748. The maximum atomic E-state index is 8.12. The number of anilines is 1. The second-order valence-electron chi connectivity index (χ2n) is 3.92. The maximum Gasteiger partial charge on any atom is 0.152 e. The number of nitrogens with one attached hydrogen (secondary N) is 1. The van der Waals surface area contributed by atoms with E-state index in [1.54, 1.807) is 12.3 Å². The first kappa shape index (κ1) is 11.9. The predicted octanol–water partition coefficient (Wildman–Crippen LogP) is 1.65. The molecular formula is C11H14ClN5. The first-order chi connectivity index (χ1) is 8.11. The second kappa shape index (κ2) is 4.33. The highest BCUT2D eigenvalue weighted by Gasteiger charge is 2.33. The van der Waals surface area contributed by atoms with E-state index < -0.39 is 0 Å². The summed E-state index contributed by atoms with van der Waals surface area (Å²) in [5.74, 6) is 5.39. The summed E-state index contributed by atoms with van der Waals surface area (Å²) >= 11 is 6.09. The molecule has 0 aliphatic carbocycles. The molecule has 0 fully saturated rings. The van der Waals surface area contributed by atoms with Gasteiger partial charge < -0.3 is 10.7 Å². The van der Waals surface area contributed by atoms with Crippen LogP contribution in [0.5, 0.6) is 0 Å². The van der Waals surface area contributed by atoms with Crippen molar-refractivity contribution in [2.24, 2.45) is 10.9 Å². The summed E-state index contributed by atoms with van der Waals surface area (Å²) in [7, 11) is 1.91. The Morgan fingerprint density at radius 1 is 1.65 bits per heavy atom. The van der Waals surface area contributed by atoms with Crippen LogP contribution in [0.2, 0.25) is 5.15 Å². The van der Waals surface area contributed by atoms with Gasteiger partial charge in [0.1, 0.15) is 5.71 Å². The number of hydrogen-bond donors (Lipinski definition) is 2. The van der Waals surface area contributed by atoms with E-state index in [0.717, 1.165) is 17.7 Å². The molecule has 1 aromatic heterocycles. The van der Waals surface area contributed by atoms with Gasteiger partial charge in [-0.05, 0) is 12.5 Å². The molecule has 1 aliphatic rings. The minimum Gasteiger partial charge on any atom is -0.363 e. The van der Waals surface area contributed by atoms with Crippen LogP contribution in [0.4, 0.5) is 5.69 Å². The molecule has 17 heavy (non-hydrogen) atoms. The third kappa shape index (κ3) is 1.67. The van der Waals surface area contributed by atoms with Crippen molar-refractivity contribution < 1.29 is 0 Å². The minimum atomic E-state index is -0.0262. The van der Waals surface area contributed by atoms with Gasteiger partial charge in [-0.1, -0.05) is 18.5 Å². The van der Waals surface area contributed by atoms with Crippen LogP contribution in [0.3, 0.4) is 0 Å². The Hall–Kier alpha value is -1.62. The average Bonchev–Trinajstić information content (AvgIpc) is 2.33. The van der Waals surface area contributed by atoms with Crippen molar-refractivity contribution in [1.82, 2.24) is 4.98 Å². The monoisotopic (exact) mass is 251 g/mol. The number of rotatable bonds is 1. The fourth-order valence-corrected chi connectivity index (χ4v) is 2.52. The lowest BCUT2D eigenvalue weighted by Crippen LogP contribution is -2.47. The van der Waals surface area contributed by atoms with E-state index in [9.17, 15) is 0 Å². The molecule has 1 unspecified atom stereocenters. The van der Waals surface area contributed by atoms with Gasteiger partial charge in [-0.25, -0.2) is 4.98 Å². The van der Waals surface area contributed by atoms with Crippen LogP contribution in [-0.2, 0) is 0 Å². The van der Waals surface area contributed by atoms with E-state index in [-0.39, 0.29) is 6.04 Å². The summed E-state index contributed by atoms with van der Waals surface area (Å²) in [4.78, 5) is 6.03. The topological polar surface area (TPSA) is 78.4 Å². The van der Waals surface area contributed by atoms with Gasteiger partial charge in [0.15, 0.2) is 5.15 Å². The van der Waals surface area contributed by atoms with Crippen LogP contribution in [0.25, 0.3) is 0 Å². The zero-order valence-electron chi connectivity index (χ0n) is 9.74. The van der Waals surface area contributed by atoms with Crippen LogP contribution in [0.1, 0.15) is 18.9 Å². The van der Waals surface area contributed by atoms with Gasteiger partial charge in [0.2, 0.25) is 0 Å². The fraction of sp³-hybridized carbons (Fsp3) is 0.364. The van der Waals surface area contributed by atoms with Gasteiger partial charge in [0.25, 0.3) is 0 Å². The molecule has 0 amide bonds. The molecular weight excluding hydrogens is 238 g/mol. The standard InChI is InChI=1S/C11H14ClN5/c1-3-7-9(16-14)8(13)6-4-5-15-11(12)10(6)17(7)2/h4-5,7,13H,3,14H2,1-2H3/b13-8?,16-9-. The molecule has 90 valence electrons. The normalized spacial score (nSPS) is 21.8. The summed E-state index contributed by atoms with van der Waals surface area (Å²) in [6.07, 6.45) is 2.39. The highest BCUT2D eigenvalue weighted by Crippen LogP contribution is 2.34. The van der Waals surface area contributed by atoms with Gasteiger partial charge in [0.05, 0.1) is 17.4 Å². The molecule has 1 atom stereocenters. The van der Waals surface area contributed by atoms with E-state index in [1.807, 2.05) is 18.9 Å². The van der Waals surface area contributed by atoms with E-state index in [4.69, 9.17) is 22.9 Å². The summed E-state index contributed by atoms with van der Waals surface area (Å²) < 4.78 is 0. The number of nitrogens with zero attached hydrogens (tertiary/aromatic N) is 3. The number of pyridine rings is 1. The Labute approximate surface area is 105 Å². The van der Waals surface area contributed by atoms with Crippen molar-refractivity contribution in [2.75, 3.05) is 11.9 Å². The summed E-state index contributed by atoms with van der Waals surface area (Å²) in [6.45, 7) is 2.02. The molecule has 1 aliphatic heterocycles. The highest BCUT2D eigenvalue weighted by molar-refractivity contribution is 6.52. The molecule has 0 saturated heterocycles. The smallest absolute Gasteiger partial charge is 0.152 e. The lowest BCUT2D eigenvalue weighted by Gasteiger charge is -2.36. The molecule has 0 spiro atoms. The largest absolute Gasteiger partial charge is 0.363 e. The Bertz CT molecular complexity index is 497. The zero-order chi connectivity index (χ0) is 12.6. The molecule has 6 heteroatoms. The van der Waals surface area contributed by atoms with Crippen molar-refractivity contribution in [2.45, 2.75) is 19.4 Å². The van der Waals surface area contributed by atoms with Gasteiger partial charge in [-0.15, -0.1) is 0 Å². The first-order valence-electron chi connectivity index (χ1n) is 5.36. The van der Waals surface area contributed by atoms with E-state index in [2.05, 4.69) is 10.1 Å². The van der Waals surface area contributed by atoms with E-state index in [0.29, 0.717) is 16.6 Å². The first-order valence-corrected chi connectivity index (χ1v) is 5.74.